The summed E-state index contributed by atoms with van der Waals surface area (Å²) in [6.45, 7) is 4.87. The van der Waals surface area contributed by atoms with Gasteiger partial charge in [0, 0.05) is 12.6 Å². The fourth-order valence-corrected chi connectivity index (χ4v) is 7.99. The zero-order chi connectivity index (χ0) is 28.2. The third kappa shape index (κ3) is 5.27. The first-order chi connectivity index (χ1) is 19.9. The first-order valence-corrected chi connectivity index (χ1v) is 16.0. The topological polar surface area (TPSA) is 134 Å². The molecule has 4 unspecified atom stereocenters. The highest BCUT2D eigenvalue weighted by Crippen LogP contribution is 2.41. The Morgan fingerprint density at radius 3 is 2.61 bits per heavy atom. The maximum absolute atomic E-state index is 11.0. The van der Waals surface area contributed by atoms with Crippen LogP contribution in [0.25, 0.3) is 0 Å². The highest BCUT2D eigenvalue weighted by Gasteiger charge is 2.53. The van der Waals surface area contributed by atoms with E-state index in [0.717, 1.165) is 24.8 Å². The van der Waals surface area contributed by atoms with E-state index in [1.807, 2.05) is 0 Å². The zero-order valence-corrected chi connectivity index (χ0v) is 24.6. The molecule has 0 bridgehead atoms. The van der Waals surface area contributed by atoms with Crippen molar-refractivity contribution in [2.75, 3.05) is 44.1 Å². The van der Waals surface area contributed by atoms with Crippen molar-refractivity contribution in [2.45, 2.75) is 113 Å². The monoisotopic (exact) mass is 570 g/mol. The highest BCUT2D eigenvalue weighted by atomic mass is 16.6. The van der Waals surface area contributed by atoms with E-state index in [4.69, 9.17) is 10.5 Å². The molecule has 11 heteroatoms. The molecule has 0 spiro atoms. The Balaban J connectivity index is 0.865. The Kier molecular flexibility index (Phi) is 7.93. The first-order valence-electron chi connectivity index (χ1n) is 16.0. The predicted octanol–water partition coefficient (Wildman–Crippen LogP) is 0.780. The number of anilines is 2. The molecule has 0 radical (unpaired) electrons. The summed E-state index contributed by atoms with van der Waals surface area (Å²) in [6.07, 6.45) is 6.05. The van der Waals surface area contributed by atoms with E-state index in [9.17, 15) is 10.2 Å². The Bertz CT molecular complexity index is 1070. The number of aliphatic hydroxyl groups excluding tert-OH is 2. The van der Waals surface area contributed by atoms with Crippen molar-refractivity contribution >= 4 is 11.4 Å². The van der Waals surface area contributed by atoms with E-state index < -0.39 is 24.5 Å². The number of fused-ring (bicyclic) bond motifs is 2. The molecule has 2 saturated carbocycles. The molecule has 8 atom stereocenters. The molecule has 7 rings (SSSR count). The quantitative estimate of drug-likeness (QED) is 0.227. The van der Waals surface area contributed by atoms with E-state index in [1.165, 1.54) is 55.5 Å². The van der Waals surface area contributed by atoms with E-state index >= 15 is 0 Å². The largest absolute Gasteiger partial charge is 0.387 e. The lowest BCUT2D eigenvalue weighted by atomic mass is 9.76. The summed E-state index contributed by atoms with van der Waals surface area (Å²) in [5.74, 6) is 1.49. The Hall–Kier alpha value is -1.54. The third-order valence-electron chi connectivity index (χ3n) is 11.0. The summed E-state index contributed by atoms with van der Waals surface area (Å²) in [4.78, 5) is 6.76. The lowest BCUT2D eigenvalue weighted by molar-refractivity contribution is -0.131. The summed E-state index contributed by atoms with van der Waals surface area (Å²) >= 11 is 0. The molecule has 2 aliphatic carbocycles. The molecule has 41 heavy (non-hydrogen) atoms. The van der Waals surface area contributed by atoms with E-state index in [0.29, 0.717) is 32.1 Å². The van der Waals surface area contributed by atoms with E-state index in [1.54, 1.807) is 0 Å². The SMILES string of the molecule is CCN1CNC(N)C2NCN([C@@H]3O[C@H](CN(C)[C@H]4C[C@@H](CCC5Nc6ccc(C7CCC7)cc6N5)C4)[C@@H](O)[C@H]3O)C21. The molecule has 1 aromatic carbocycles. The maximum atomic E-state index is 11.0. The minimum absolute atomic E-state index is 0.0217. The van der Waals surface area contributed by atoms with Crippen LogP contribution in [0.4, 0.5) is 11.4 Å². The predicted molar refractivity (Wildman–Crippen MR) is 159 cm³/mol. The van der Waals surface area contributed by atoms with Crippen LogP contribution >= 0.6 is 0 Å². The summed E-state index contributed by atoms with van der Waals surface area (Å²) in [6, 6.07) is 7.46. The van der Waals surface area contributed by atoms with Gasteiger partial charge in [-0.15, -0.1) is 0 Å². The number of nitrogens with two attached hydrogens (primary N) is 1. The van der Waals surface area contributed by atoms with Gasteiger partial charge in [-0.1, -0.05) is 19.4 Å². The van der Waals surface area contributed by atoms with Crippen molar-refractivity contribution in [3.63, 3.8) is 0 Å². The zero-order valence-electron chi connectivity index (χ0n) is 24.6. The Labute approximate surface area is 244 Å². The van der Waals surface area contributed by atoms with Gasteiger partial charge in [0.25, 0.3) is 0 Å². The highest BCUT2D eigenvalue weighted by molar-refractivity contribution is 5.75. The fraction of sp³-hybridized carbons (Fsp3) is 0.800. The summed E-state index contributed by atoms with van der Waals surface area (Å²) in [7, 11) is 2.13. The van der Waals surface area contributed by atoms with Crippen LogP contribution in [0.1, 0.15) is 63.4 Å². The van der Waals surface area contributed by atoms with Crippen LogP contribution in [0, 0.1) is 5.92 Å². The van der Waals surface area contributed by atoms with Crippen LogP contribution in [0.15, 0.2) is 18.2 Å². The first kappa shape index (κ1) is 28.2. The number of benzene rings is 1. The van der Waals surface area contributed by atoms with Gasteiger partial charge >= 0.3 is 0 Å². The minimum Gasteiger partial charge on any atom is -0.387 e. The average Bonchev–Trinajstić information content (AvgIpc) is 3.59. The number of nitrogens with one attached hydrogen (secondary N) is 4. The van der Waals surface area contributed by atoms with Crippen LogP contribution in [-0.2, 0) is 4.74 Å². The van der Waals surface area contributed by atoms with Gasteiger partial charge in [-0.25, -0.2) is 4.90 Å². The average molecular weight is 571 g/mol. The number of rotatable bonds is 9. The molecule has 5 fully saturated rings. The number of ether oxygens (including phenoxy) is 1. The molecule has 11 nitrogen and oxygen atoms in total. The minimum atomic E-state index is -0.951. The molecule has 8 N–H and O–H groups in total. The lowest BCUT2D eigenvalue weighted by Gasteiger charge is -2.45. The standard InChI is InChI=1S/C30H50N8O3/c1-3-37-15-33-28(31)25-29(37)38(16-32-25)30-27(40)26(39)23(41-30)14-36(2)20-11-17(12-20)7-10-24-34-21-9-8-19(13-22(21)35-24)18-5-4-6-18/h8-9,13,17-18,20,23-30,32-35,39-40H,3-7,10-12,14-16,31H2,1-2H3/t17-,20+,23-,24?,25?,26-,27-,28?,29?,30-/m1/s1. The molecule has 0 aromatic heterocycles. The summed E-state index contributed by atoms with van der Waals surface area (Å²) < 4.78 is 6.38. The van der Waals surface area contributed by atoms with Gasteiger partial charge < -0.3 is 36.2 Å². The molecule has 0 amide bonds. The second-order valence-electron chi connectivity index (χ2n) is 13.4. The van der Waals surface area contributed by atoms with Crippen molar-refractivity contribution in [1.82, 2.24) is 25.3 Å². The second-order valence-corrected chi connectivity index (χ2v) is 13.4. The normalized spacial score (nSPS) is 41.0. The van der Waals surface area contributed by atoms with Gasteiger partial charge in [-0.2, -0.15) is 0 Å². The molecule has 4 heterocycles. The molecular formula is C30H50N8O3. The molecule has 1 aromatic rings. The summed E-state index contributed by atoms with van der Waals surface area (Å²) in [5, 5.41) is 36.2. The Morgan fingerprint density at radius 1 is 1.05 bits per heavy atom. The van der Waals surface area contributed by atoms with Crippen LogP contribution < -0.4 is 27.0 Å². The van der Waals surface area contributed by atoms with Crippen molar-refractivity contribution in [2.24, 2.45) is 11.7 Å². The second kappa shape index (κ2) is 11.5. The van der Waals surface area contributed by atoms with Crippen LogP contribution in [0.5, 0.6) is 0 Å². The molecular weight excluding hydrogens is 520 g/mol. The van der Waals surface area contributed by atoms with Gasteiger partial charge in [0.1, 0.15) is 24.5 Å². The lowest BCUT2D eigenvalue weighted by Crippen LogP contribution is -2.69. The Morgan fingerprint density at radius 2 is 1.85 bits per heavy atom. The number of aliphatic hydroxyl groups is 2. The molecule has 228 valence electrons. The van der Waals surface area contributed by atoms with Crippen molar-refractivity contribution in [1.29, 1.82) is 0 Å². The number of hydrogen-bond acceptors (Lipinski definition) is 11. The number of hydrogen-bond donors (Lipinski definition) is 7. The molecule has 4 aliphatic heterocycles. The number of likely N-dealkylation sites (N-methyl/N-ethyl adjacent to an activating group) is 2. The van der Waals surface area contributed by atoms with Gasteiger partial charge in [-0.05, 0) is 81.6 Å². The fourth-order valence-electron chi connectivity index (χ4n) is 7.99. The van der Waals surface area contributed by atoms with Gasteiger partial charge in [0.15, 0.2) is 0 Å². The van der Waals surface area contributed by atoms with Gasteiger partial charge in [0.05, 0.1) is 49.3 Å². The molecule has 3 saturated heterocycles. The van der Waals surface area contributed by atoms with E-state index in [-0.39, 0.29) is 18.4 Å². The van der Waals surface area contributed by atoms with E-state index in [2.05, 4.69) is 68.1 Å². The van der Waals surface area contributed by atoms with Crippen LogP contribution in [0.2, 0.25) is 0 Å². The van der Waals surface area contributed by atoms with Crippen molar-refractivity contribution in [3.8, 4) is 0 Å². The third-order valence-corrected chi connectivity index (χ3v) is 11.0. The van der Waals surface area contributed by atoms with Gasteiger partial charge in [0.2, 0.25) is 0 Å². The van der Waals surface area contributed by atoms with Crippen molar-refractivity contribution in [3.05, 3.63) is 23.8 Å². The van der Waals surface area contributed by atoms with Crippen LogP contribution in [-0.4, -0.2) is 114 Å². The van der Waals surface area contributed by atoms with Crippen LogP contribution in [0.3, 0.4) is 0 Å². The summed E-state index contributed by atoms with van der Waals surface area (Å²) in [5.41, 5.74) is 10.3. The van der Waals surface area contributed by atoms with Crippen molar-refractivity contribution < 1.29 is 14.9 Å². The number of nitrogens with zero attached hydrogens (tertiary/aromatic N) is 3. The smallest absolute Gasteiger partial charge is 0.142 e. The van der Waals surface area contributed by atoms with Gasteiger partial charge in [-0.3, -0.25) is 15.5 Å². The molecule has 6 aliphatic rings. The maximum Gasteiger partial charge on any atom is 0.142 e.